The Labute approximate surface area is 132 Å². The lowest BCUT2D eigenvalue weighted by atomic mass is 9.99. The second kappa shape index (κ2) is 5.70. The van der Waals surface area contributed by atoms with Crippen molar-refractivity contribution in [1.82, 2.24) is 15.2 Å². The van der Waals surface area contributed by atoms with Gasteiger partial charge in [-0.15, -0.1) is 0 Å². The molecule has 0 radical (unpaired) electrons. The molecular weight excluding hydrogens is 298 g/mol. The highest BCUT2D eigenvalue weighted by Crippen LogP contribution is 2.28. The van der Waals surface area contributed by atoms with Crippen molar-refractivity contribution in [3.05, 3.63) is 41.5 Å². The minimum atomic E-state index is 0.00286. The Bertz CT molecular complexity index is 657. The van der Waals surface area contributed by atoms with Crippen LogP contribution in [0.2, 0.25) is 0 Å². The van der Waals surface area contributed by atoms with Crippen LogP contribution in [0.1, 0.15) is 16.8 Å². The number of carbonyl (C=O) groups is 1. The highest BCUT2D eigenvalue weighted by Gasteiger charge is 2.38. The minimum absolute atomic E-state index is 0.00286. The first-order valence-electron chi connectivity index (χ1n) is 7.47. The molecule has 1 amide bonds. The van der Waals surface area contributed by atoms with E-state index in [0.29, 0.717) is 23.3 Å². The van der Waals surface area contributed by atoms with Gasteiger partial charge in [-0.25, -0.2) is 4.98 Å². The van der Waals surface area contributed by atoms with E-state index >= 15 is 0 Å². The van der Waals surface area contributed by atoms with Crippen molar-refractivity contribution in [2.45, 2.75) is 12.5 Å². The van der Waals surface area contributed by atoms with Gasteiger partial charge in [-0.05, 0) is 43.1 Å². The highest BCUT2D eigenvalue weighted by molar-refractivity contribution is 7.11. The molecule has 2 aromatic rings. The number of hydrogen-bond acceptors (Lipinski definition) is 5. The third-order valence-corrected chi connectivity index (χ3v) is 5.04. The summed E-state index contributed by atoms with van der Waals surface area (Å²) in [5, 5.41) is 3.91. The zero-order valence-corrected chi connectivity index (χ0v) is 12.9. The molecule has 0 spiro atoms. The molecule has 2 bridgehead atoms. The number of carbonyl (C=O) groups excluding carboxylic acids is 1. The van der Waals surface area contributed by atoms with Crippen LogP contribution in [0.25, 0.3) is 0 Å². The number of amides is 1. The Morgan fingerprint density at radius 3 is 2.82 bits per heavy atom. The van der Waals surface area contributed by atoms with E-state index < -0.39 is 0 Å². The fourth-order valence-electron chi connectivity index (χ4n) is 3.24. The summed E-state index contributed by atoms with van der Waals surface area (Å²) in [6.07, 6.45) is 2.88. The van der Waals surface area contributed by atoms with Gasteiger partial charge in [0.05, 0.1) is 11.7 Å². The average molecular weight is 315 g/mol. The first-order valence-corrected chi connectivity index (χ1v) is 8.35. The van der Waals surface area contributed by atoms with Gasteiger partial charge in [0, 0.05) is 24.7 Å². The van der Waals surface area contributed by atoms with Gasteiger partial charge in [-0.3, -0.25) is 4.79 Å². The van der Waals surface area contributed by atoms with Gasteiger partial charge in [0.25, 0.3) is 5.91 Å². The molecule has 114 valence electrons. The Morgan fingerprint density at radius 2 is 2.18 bits per heavy atom. The summed E-state index contributed by atoms with van der Waals surface area (Å²) in [6, 6.07) is 7.55. The molecule has 4 rings (SSSR count). The van der Waals surface area contributed by atoms with Crippen LogP contribution in [0.15, 0.2) is 36.0 Å². The van der Waals surface area contributed by atoms with E-state index in [1.54, 1.807) is 23.8 Å². The predicted octanol–water partition coefficient (Wildman–Crippen LogP) is 2.37. The van der Waals surface area contributed by atoms with Crippen molar-refractivity contribution in [1.29, 1.82) is 0 Å². The zero-order chi connectivity index (χ0) is 14.9. The van der Waals surface area contributed by atoms with Crippen LogP contribution in [0.3, 0.4) is 0 Å². The number of hydrogen-bond donors (Lipinski definition) is 1. The maximum Gasteiger partial charge on any atom is 0.251 e. The SMILES string of the molecule is O=C(NC1CN2CC[C@H]1C2)c1ccc(Oc2cncs2)cc1. The second-order valence-electron chi connectivity index (χ2n) is 5.84. The lowest BCUT2D eigenvalue weighted by Gasteiger charge is -2.23. The van der Waals surface area contributed by atoms with Gasteiger partial charge in [0.15, 0.2) is 0 Å². The van der Waals surface area contributed by atoms with Gasteiger partial charge >= 0.3 is 0 Å². The number of rotatable bonds is 4. The van der Waals surface area contributed by atoms with Gasteiger partial charge in [0.1, 0.15) is 5.75 Å². The Kier molecular flexibility index (Phi) is 3.56. The molecule has 2 aliphatic heterocycles. The van der Waals surface area contributed by atoms with Crippen molar-refractivity contribution < 1.29 is 9.53 Å². The van der Waals surface area contributed by atoms with E-state index in [2.05, 4.69) is 15.2 Å². The van der Waals surface area contributed by atoms with E-state index in [-0.39, 0.29) is 5.91 Å². The van der Waals surface area contributed by atoms with E-state index in [4.69, 9.17) is 4.74 Å². The smallest absolute Gasteiger partial charge is 0.251 e. The number of fused-ring (bicyclic) bond motifs is 2. The summed E-state index contributed by atoms with van der Waals surface area (Å²) < 4.78 is 5.64. The monoisotopic (exact) mass is 315 g/mol. The molecule has 1 N–H and O–H groups in total. The van der Waals surface area contributed by atoms with Crippen molar-refractivity contribution in [3.8, 4) is 10.8 Å². The van der Waals surface area contributed by atoms with Crippen molar-refractivity contribution >= 4 is 17.2 Å². The quantitative estimate of drug-likeness (QED) is 0.941. The van der Waals surface area contributed by atoms with E-state index in [1.807, 2.05) is 12.1 Å². The van der Waals surface area contributed by atoms with E-state index in [1.165, 1.54) is 24.3 Å². The van der Waals surface area contributed by atoms with Gasteiger partial charge in [-0.1, -0.05) is 11.3 Å². The predicted molar refractivity (Wildman–Crippen MR) is 84.4 cm³/mol. The first kappa shape index (κ1) is 13.7. The normalized spacial score (nSPS) is 26.1. The average Bonchev–Trinajstić information content (AvgIpc) is 3.25. The molecule has 6 heteroatoms. The summed E-state index contributed by atoms with van der Waals surface area (Å²) in [4.78, 5) is 18.7. The summed E-state index contributed by atoms with van der Waals surface area (Å²) in [7, 11) is 0. The Balaban J connectivity index is 1.38. The number of nitrogens with one attached hydrogen (secondary N) is 1. The van der Waals surface area contributed by atoms with Gasteiger partial charge < -0.3 is 15.0 Å². The molecule has 0 aliphatic carbocycles. The second-order valence-corrected chi connectivity index (χ2v) is 6.68. The number of benzene rings is 1. The van der Waals surface area contributed by atoms with Crippen LogP contribution in [-0.2, 0) is 0 Å². The van der Waals surface area contributed by atoms with Gasteiger partial charge in [0.2, 0.25) is 5.06 Å². The van der Waals surface area contributed by atoms with Crippen LogP contribution in [0, 0.1) is 5.92 Å². The van der Waals surface area contributed by atoms with Crippen LogP contribution in [0.5, 0.6) is 10.8 Å². The molecule has 3 atom stereocenters. The van der Waals surface area contributed by atoms with Crippen LogP contribution >= 0.6 is 11.3 Å². The number of nitrogens with zero attached hydrogens (tertiary/aromatic N) is 2. The molecule has 2 saturated heterocycles. The molecule has 1 aromatic heterocycles. The molecule has 2 fully saturated rings. The molecule has 5 nitrogen and oxygen atoms in total. The third kappa shape index (κ3) is 2.71. The van der Waals surface area contributed by atoms with Crippen molar-refractivity contribution in [2.75, 3.05) is 19.6 Å². The van der Waals surface area contributed by atoms with Gasteiger partial charge in [-0.2, -0.15) is 0 Å². The molecule has 22 heavy (non-hydrogen) atoms. The molecular formula is C16H17N3O2S. The number of ether oxygens (including phenoxy) is 1. The summed E-state index contributed by atoms with van der Waals surface area (Å²) >= 11 is 1.44. The van der Waals surface area contributed by atoms with Crippen molar-refractivity contribution in [3.63, 3.8) is 0 Å². The van der Waals surface area contributed by atoms with Crippen LogP contribution in [-0.4, -0.2) is 41.5 Å². The molecule has 2 aliphatic rings. The van der Waals surface area contributed by atoms with Crippen molar-refractivity contribution in [2.24, 2.45) is 5.92 Å². The van der Waals surface area contributed by atoms with E-state index in [9.17, 15) is 4.79 Å². The zero-order valence-electron chi connectivity index (χ0n) is 12.1. The topological polar surface area (TPSA) is 54.5 Å². The maximum absolute atomic E-state index is 12.3. The number of aromatic nitrogens is 1. The molecule has 3 heterocycles. The summed E-state index contributed by atoms with van der Waals surface area (Å²) in [5.74, 6) is 1.34. The van der Waals surface area contributed by atoms with E-state index in [0.717, 1.165) is 18.2 Å². The lowest BCUT2D eigenvalue weighted by Crippen LogP contribution is -2.43. The number of thiazole rings is 1. The summed E-state index contributed by atoms with van der Waals surface area (Å²) in [6.45, 7) is 3.30. The maximum atomic E-state index is 12.3. The molecule has 2 unspecified atom stereocenters. The first-order chi connectivity index (χ1) is 10.8. The summed E-state index contributed by atoms with van der Waals surface area (Å²) in [5.41, 5.74) is 2.40. The molecule has 1 aromatic carbocycles. The third-order valence-electron chi connectivity index (χ3n) is 4.39. The fourth-order valence-corrected chi connectivity index (χ4v) is 3.74. The Morgan fingerprint density at radius 1 is 1.32 bits per heavy atom. The largest absolute Gasteiger partial charge is 0.445 e. The fraction of sp³-hybridized carbons (Fsp3) is 0.375. The standard InChI is InChI=1S/C16H17N3O2S/c20-16(18-14-9-19-6-5-12(14)8-19)11-1-3-13(4-2-11)21-15-7-17-10-22-15/h1-4,7,10,12,14H,5-6,8-9H2,(H,18,20)/t12-,14?/m0/s1. The van der Waals surface area contributed by atoms with Crippen LogP contribution < -0.4 is 10.1 Å². The highest BCUT2D eigenvalue weighted by atomic mass is 32.1. The number of piperidine rings is 1. The molecule has 0 saturated carbocycles. The Hall–Kier alpha value is -1.92. The lowest BCUT2D eigenvalue weighted by molar-refractivity contribution is 0.0924. The van der Waals surface area contributed by atoms with Crippen LogP contribution in [0.4, 0.5) is 0 Å². The minimum Gasteiger partial charge on any atom is -0.445 e.